The second-order valence-electron chi connectivity index (χ2n) is 4.14. The lowest BCUT2D eigenvalue weighted by Crippen LogP contribution is -2.10. The van der Waals surface area contributed by atoms with Gasteiger partial charge < -0.3 is 19.2 Å². The van der Waals surface area contributed by atoms with E-state index in [4.69, 9.17) is 13.9 Å². The zero-order valence-electron chi connectivity index (χ0n) is 9.70. The number of furan rings is 1. The fourth-order valence-electron chi connectivity index (χ4n) is 1.86. The van der Waals surface area contributed by atoms with Crippen LogP contribution in [0.1, 0.15) is 17.7 Å². The van der Waals surface area contributed by atoms with Gasteiger partial charge in [-0.25, -0.2) is 0 Å². The maximum atomic E-state index is 5.68. The SMILES string of the molecule is CNCc1occc1COCC1CCOC1. The van der Waals surface area contributed by atoms with Gasteiger partial charge >= 0.3 is 0 Å². The summed E-state index contributed by atoms with van der Waals surface area (Å²) in [5, 5.41) is 3.07. The molecule has 90 valence electrons. The van der Waals surface area contributed by atoms with Crippen molar-refractivity contribution in [3.8, 4) is 0 Å². The maximum Gasteiger partial charge on any atom is 0.123 e. The number of nitrogens with one attached hydrogen (secondary N) is 1. The van der Waals surface area contributed by atoms with E-state index >= 15 is 0 Å². The van der Waals surface area contributed by atoms with Gasteiger partial charge in [0.25, 0.3) is 0 Å². The van der Waals surface area contributed by atoms with Crippen molar-refractivity contribution in [3.05, 3.63) is 23.7 Å². The number of hydrogen-bond acceptors (Lipinski definition) is 4. The Balaban J connectivity index is 1.73. The van der Waals surface area contributed by atoms with Crippen LogP contribution in [0.5, 0.6) is 0 Å². The molecule has 4 nitrogen and oxygen atoms in total. The average molecular weight is 225 g/mol. The molecule has 1 unspecified atom stereocenters. The molecule has 1 aliphatic heterocycles. The summed E-state index contributed by atoms with van der Waals surface area (Å²) >= 11 is 0. The van der Waals surface area contributed by atoms with Crippen LogP contribution in [0.3, 0.4) is 0 Å². The van der Waals surface area contributed by atoms with E-state index in [9.17, 15) is 0 Å². The molecule has 4 heteroatoms. The highest BCUT2D eigenvalue weighted by Crippen LogP contribution is 2.15. The lowest BCUT2D eigenvalue weighted by Gasteiger charge is -2.08. The molecule has 1 fully saturated rings. The van der Waals surface area contributed by atoms with Crippen molar-refractivity contribution in [2.24, 2.45) is 5.92 Å². The quantitative estimate of drug-likeness (QED) is 0.797. The minimum absolute atomic E-state index is 0.569. The molecule has 1 aromatic heterocycles. The molecule has 0 saturated carbocycles. The first-order valence-corrected chi connectivity index (χ1v) is 5.75. The lowest BCUT2D eigenvalue weighted by atomic mass is 10.1. The van der Waals surface area contributed by atoms with Crippen LogP contribution in [-0.2, 0) is 22.6 Å². The zero-order chi connectivity index (χ0) is 11.2. The Morgan fingerprint density at radius 3 is 3.25 bits per heavy atom. The summed E-state index contributed by atoms with van der Waals surface area (Å²) in [6.45, 7) is 3.88. The van der Waals surface area contributed by atoms with Crippen molar-refractivity contribution < 1.29 is 13.9 Å². The topological polar surface area (TPSA) is 43.6 Å². The molecule has 0 aliphatic carbocycles. The third kappa shape index (κ3) is 3.07. The molecule has 0 aromatic carbocycles. The predicted octanol–water partition coefficient (Wildman–Crippen LogP) is 1.55. The Morgan fingerprint density at radius 1 is 1.56 bits per heavy atom. The van der Waals surface area contributed by atoms with Gasteiger partial charge in [0.1, 0.15) is 5.76 Å². The van der Waals surface area contributed by atoms with E-state index in [2.05, 4.69) is 5.32 Å². The van der Waals surface area contributed by atoms with Crippen LogP contribution in [0, 0.1) is 5.92 Å². The molecule has 1 saturated heterocycles. The first-order valence-electron chi connectivity index (χ1n) is 5.75. The summed E-state index contributed by atoms with van der Waals surface area (Å²) in [6.07, 6.45) is 2.83. The minimum atomic E-state index is 0.569. The van der Waals surface area contributed by atoms with Crippen molar-refractivity contribution in [2.45, 2.75) is 19.6 Å². The smallest absolute Gasteiger partial charge is 0.123 e. The van der Waals surface area contributed by atoms with E-state index in [1.54, 1.807) is 6.26 Å². The van der Waals surface area contributed by atoms with Crippen molar-refractivity contribution in [3.63, 3.8) is 0 Å². The van der Waals surface area contributed by atoms with Crippen molar-refractivity contribution in [2.75, 3.05) is 26.9 Å². The van der Waals surface area contributed by atoms with E-state index in [-0.39, 0.29) is 0 Å². The second-order valence-corrected chi connectivity index (χ2v) is 4.14. The Morgan fingerprint density at radius 2 is 2.50 bits per heavy atom. The fourth-order valence-corrected chi connectivity index (χ4v) is 1.86. The standard InChI is InChI=1S/C12H19NO3/c1-13-6-12-11(3-5-16-12)9-15-8-10-2-4-14-7-10/h3,5,10,13H,2,4,6-9H2,1H3. The third-order valence-corrected chi connectivity index (χ3v) is 2.81. The van der Waals surface area contributed by atoms with Gasteiger partial charge in [-0.15, -0.1) is 0 Å². The molecule has 2 rings (SSSR count). The molecule has 1 aromatic rings. The van der Waals surface area contributed by atoms with Gasteiger partial charge in [0.15, 0.2) is 0 Å². The van der Waals surface area contributed by atoms with Crippen LogP contribution >= 0.6 is 0 Å². The molecule has 2 heterocycles. The molecule has 0 spiro atoms. The van der Waals surface area contributed by atoms with Gasteiger partial charge in [0, 0.05) is 18.1 Å². The number of hydrogen-bond donors (Lipinski definition) is 1. The molecule has 1 N–H and O–H groups in total. The molecule has 0 bridgehead atoms. The summed E-state index contributed by atoms with van der Waals surface area (Å²) in [4.78, 5) is 0. The lowest BCUT2D eigenvalue weighted by molar-refractivity contribution is 0.0783. The Labute approximate surface area is 95.9 Å². The van der Waals surface area contributed by atoms with E-state index in [0.29, 0.717) is 12.5 Å². The van der Waals surface area contributed by atoms with E-state index < -0.39 is 0 Å². The number of rotatable bonds is 6. The minimum Gasteiger partial charge on any atom is -0.468 e. The highest BCUT2D eigenvalue weighted by Gasteiger charge is 2.16. The van der Waals surface area contributed by atoms with Gasteiger partial charge in [-0.05, 0) is 19.5 Å². The average Bonchev–Trinajstić information content (AvgIpc) is 2.91. The zero-order valence-corrected chi connectivity index (χ0v) is 9.70. The number of ether oxygens (including phenoxy) is 2. The Kier molecular flexibility index (Phi) is 4.39. The van der Waals surface area contributed by atoms with Crippen LogP contribution < -0.4 is 5.32 Å². The van der Waals surface area contributed by atoms with E-state index in [1.165, 1.54) is 0 Å². The van der Waals surface area contributed by atoms with Crippen molar-refractivity contribution in [1.29, 1.82) is 0 Å². The highest BCUT2D eigenvalue weighted by molar-refractivity contribution is 5.15. The van der Waals surface area contributed by atoms with Gasteiger partial charge in [-0.3, -0.25) is 0 Å². The van der Waals surface area contributed by atoms with E-state index in [1.807, 2.05) is 13.1 Å². The summed E-state index contributed by atoms with van der Waals surface area (Å²) in [5.41, 5.74) is 1.13. The summed E-state index contributed by atoms with van der Waals surface area (Å²) in [6, 6.07) is 1.97. The third-order valence-electron chi connectivity index (χ3n) is 2.81. The van der Waals surface area contributed by atoms with E-state index in [0.717, 1.165) is 44.1 Å². The van der Waals surface area contributed by atoms with Crippen LogP contribution in [-0.4, -0.2) is 26.9 Å². The summed E-state index contributed by atoms with van der Waals surface area (Å²) in [5.74, 6) is 1.53. The first-order chi connectivity index (χ1) is 7.90. The predicted molar refractivity (Wildman–Crippen MR) is 60.1 cm³/mol. The van der Waals surface area contributed by atoms with Gasteiger partial charge in [0.2, 0.25) is 0 Å². The molecular weight excluding hydrogens is 206 g/mol. The fraction of sp³-hybridized carbons (Fsp3) is 0.667. The Hall–Kier alpha value is -0.840. The first kappa shape index (κ1) is 11.6. The summed E-state index contributed by atoms with van der Waals surface area (Å²) < 4.78 is 16.3. The molecule has 0 radical (unpaired) electrons. The highest BCUT2D eigenvalue weighted by atomic mass is 16.5. The van der Waals surface area contributed by atoms with Crippen molar-refractivity contribution in [1.82, 2.24) is 5.32 Å². The largest absolute Gasteiger partial charge is 0.468 e. The molecule has 1 aliphatic rings. The van der Waals surface area contributed by atoms with Gasteiger partial charge in [0.05, 0.1) is 32.6 Å². The van der Waals surface area contributed by atoms with Crippen LogP contribution in [0.2, 0.25) is 0 Å². The van der Waals surface area contributed by atoms with Crippen molar-refractivity contribution >= 4 is 0 Å². The van der Waals surface area contributed by atoms with Gasteiger partial charge in [-0.1, -0.05) is 0 Å². The van der Waals surface area contributed by atoms with Gasteiger partial charge in [-0.2, -0.15) is 0 Å². The molecule has 16 heavy (non-hydrogen) atoms. The normalized spacial score (nSPS) is 20.4. The maximum absolute atomic E-state index is 5.68. The van der Waals surface area contributed by atoms with Crippen LogP contribution in [0.25, 0.3) is 0 Å². The van der Waals surface area contributed by atoms with Crippen LogP contribution in [0.15, 0.2) is 16.7 Å². The Bertz CT molecular complexity index is 305. The summed E-state index contributed by atoms with van der Waals surface area (Å²) in [7, 11) is 1.91. The van der Waals surface area contributed by atoms with Crippen LogP contribution in [0.4, 0.5) is 0 Å². The second kappa shape index (κ2) is 6.03. The molecule has 0 amide bonds. The molecule has 1 atom stereocenters. The molecular formula is C12H19NO3. The monoisotopic (exact) mass is 225 g/mol.